The van der Waals surface area contributed by atoms with E-state index >= 15 is 0 Å². The molecule has 0 aliphatic rings. The number of alkyl halides is 2. The molecule has 5 nitrogen and oxygen atoms in total. The van der Waals surface area contributed by atoms with Gasteiger partial charge < -0.3 is 9.29 Å². The zero-order chi connectivity index (χ0) is 14.0. The summed E-state index contributed by atoms with van der Waals surface area (Å²) in [6, 6.07) is 4.35. The quantitative estimate of drug-likeness (QED) is 0.369. The van der Waals surface area contributed by atoms with Gasteiger partial charge in [0.2, 0.25) is 0 Å². The Morgan fingerprint density at radius 3 is 2.32 bits per heavy atom. The molecule has 0 aliphatic carbocycles. The van der Waals surface area contributed by atoms with Gasteiger partial charge in [-0.1, -0.05) is 12.1 Å². The standard InChI is InChI=1S/C9H7F3O5S.Na/c10-7-4-2-1-3-6(7)8(13)17-5-9(11,12)18(14,15)16;/h1-4H,5H2,(H,14,15,16);/q;+1/p-1. The number of benzene rings is 1. The molecule has 1 rings (SSSR count). The molecule has 10 heteroatoms. The first kappa shape index (κ1) is 18.4. The molecule has 0 radical (unpaired) electrons. The van der Waals surface area contributed by atoms with E-state index in [0.717, 1.165) is 12.1 Å². The summed E-state index contributed by atoms with van der Waals surface area (Å²) in [5, 5.41) is -4.76. The van der Waals surface area contributed by atoms with Crippen LogP contribution >= 0.6 is 0 Å². The molecule has 0 saturated heterocycles. The third-order valence-electron chi connectivity index (χ3n) is 1.83. The maximum atomic E-state index is 13.0. The fourth-order valence-electron chi connectivity index (χ4n) is 0.926. The van der Waals surface area contributed by atoms with Gasteiger partial charge in [-0.25, -0.2) is 17.6 Å². The summed E-state index contributed by atoms with van der Waals surface area (Å²) in [6.45, 7) is -1.97. The molecule has 0 atom stereocenters. The number of carbonyl (C=O) groups excluding carboxylic acids is 1. The molecule has 0 spiro atoms. The Kier molecular flexibility index (Phi) is 6.49. The van der Waals surface area contributed by atoms with Crippen molar-refractivity contribution in [1.29, 1.82) is 0 Å². The first-order chi connectivity index (χ1) is 8.15. The average Bonchev–Trinajstić information content (AvgIpc) is 2.25. The van der Waals surface area contributed by atoms with E-state index in [9.17, 15) is 30.9 Å². The normalized spacial score (nSPS) is 11.6. The topological polar surface area (TPSA) is 83.5 Å². The van der Waals surface area contributed by atoms with Crippen molar-refractivity contribution in [1.82, 2.24) is 0 Å². The van der Waals surface area contributed by atoms with E-state index in [2.05, 4.69) is 4.74 Å². The fraction of sp³-hybridized carbons (Fsp3) is 0.222. The van der Waals surface area contributed by atoms with Crippen molar-refractivity contribution in [3.8, 4) is 0 Å². The molecule has 1 aromatic rings. The molecule has 0 amide bonds. The van der Waals surface area contributed by atoms with E-state index in [4.69, 9.17) is 0 Å². The van der Waals surface area contributed by atoms with Crippen LogP contribution < -0.4 is 29.6 Å². The van der Waals surface area contributed by atoms with E-state index in [0.29, 0.717) is 0 Å². The monoisotopic (exact) mass is 306 g/mol. The molecular formula is C9H6F3NaO5S. The van der Waals surface area contributed by atoms with Gasteiger partial charge in [0.25, 0.3) is 0 Å². The summed E-state index contributed by atoms with van der Waals surface area (Å²) < 4.78 is 72.5. The van der Waals surface area contributed by atoms with Crippen molar-refractivity contribution in [2.24, 2.45) is 0 Å². The van der Waals surface area contributed by atoms with Crippen molar-refractivity contribution >= 4 is 16.1 Å². The van der Waals surface area contributed by atoms with Gasteiger partial charge in [0.1, 0.15) is 5.82 Å². The maximum Gasteiger partial charge on any atom is 1.00 e. The van der Waals surface area contributed by atoms with Crippen LogP contribution in [-0.2, 0) is 14.9 Å². The molecule has 0 aromatic heterocycles. The molecule has 0 heterocycles. The Bertz CT molecular complexity index is 561. The van der Waals surface area contributed by atoms with E-state index in [1.807, 2.05) is 0 Å². The number of esters is 1. The number of hydrogen-bond donors (Lipinski definition) is 0. The predicted molar refractivity (Wildman–Crippen MR) is 51.3 cm³/mol. The van der Waals surface area contributed by atoms with Crippen LogP contribution in [0.4, 0.5) is 13.2 Å². The van der Waals surface area contributed by atoms with Gasteiger partial charge >= 0.3 is 40.8 Å². The van der Waals surface area contributed by atoms with Crippen LogP contribution in [-0.4, -0.2) is 30.8 Å². The molecule has 1 aromatic carbocycles. The predicted octanol–water partition coefficient (Wildman–Crippen LogP) is -1.88. The van der Waals surface area contributed by atoms with Gasteiger partial charge in [-0.05, 0) is 12.1 Å². The molecule has 0 aliphatic heterocycles. The summed E-state index contributed by atoms with van der Waals surface area (Å²) in [6.07, 6.45) is 0. The molecule has 0 fully saturated rings. The van der Waals surface area contributed by atoms with Crippen LogP contribution in [0.5, 0.6) is 0 Å². The smallest absolute Gasteiger partial charge is 0.743 e. The second kappa shape index (κ2) is 6.71. The summed E-state index contributed by atoms with van der Waals surface area (Å²) in [7, 11) is -5.94. The first-order valence-corrected chi connectivity index (χ1v) is 5.81. The maximum absolute atomic E-state index is 13.0. The zero-order valence-electron chi connectivity index (χ0n) is 9.60. The number of ether oxygens (including phenoxy) is 1. The molecule has 100 valence electrons. The fourth-order valence-corrected chi connectivity index (χ4v) is 1.13. The van der Waals surface area contributed by atoms with Crippen molar-refractivity contribution in [3.63, 3.8) is 0 Å². The van der Waals surface area contributed by atoms with Crippen LogP contribution in [0.15, 0.2) is 24.3 Å². The molecule has 19 heavy (non-hydrogen) atoms. The second-order valence-corrected chi connectivity index (χ2v) is 4.65. The largest absolute Gasteiger partial charge is 1.00 e. The molecular weight excluding hydrogens is 300 g/mol. The van der Waals surface area contributed by atoms with Crippen LogP contribution in [0.3, 0.4) is 0 Å². The number of halogens is 3. The minimum Gasteiger partial charge on any atom is -0.743 e. The Morgan fingerprint density at radius 2 is 1.84 bits per heavy atom. The van der Waals surface area contributed by atoms with Gasteiger partial charge in [-0.2, -0.15) is 8.78 Å². The zero-order valence-corrected chi connectivity index (χ0v) is 12.4. The van der Waals surface area contributed by atoms with Crippen molar-refractivity contribution < 1.29 is 65.2 Å². The van der Waals surface area contributed by atoms with Gasteiger partial charge in [-0.15, -0.1) is 0 Å². The summed E-state index contributed by atoms with van der Waals surface area (Å²) >= 11 is 0. The Hall–Kier alpha value is -0.610. The summed E-state index contributed by atoms with van der Waals surface area (Å²) in [5.41, 5.74) is -0.642. The van der Waals surface area contributed by atoms with E-state index < -0.39 is 39.3 Å². The van der Waals surface area contributed by atoms with E-state index in [1.165, 1.54) is 12.1 Å². The minimum absolute atomic E-state index is 0. The molecule has 0 saturated carbocycles. The number of carbonyl (C=O) groups is 1. The Labute approximate surface area is 128 Å². The first-order valence-electron chi connectivity index (χ1n) is 4.40. The van der Waals surface area contributed by atoms with Crippen LogP contribution in [0.25, 0.3) is 0 Å². The Balaban J connectivity index is 0.00000324. The molecule has 0 unspecified atom stereocenters. The van der Waals surface area contributed by atoms with Gasteiger partial charge in [0.15, 0.2) is 16.7 Å². The SMILES string of the molecule is O=C(OCC(F)(F)S(=O)(=O)[O-])c1ccccc1F.[Na+]. The van der Waals surface area contributed by atoms with E-state index in [-0.39, 0.29) is 29.6 Å². The summed E-state index contributed by atoms with van der Waals surface area (Å²) in [5.74, 6) is -2.51. The minimum atomic E-state index is -5.94. The van der Waals surface area contributed by atoms with E-state index in [1.54, 1.807) is 0 Å². The third kappa shape index (κ3) is 4.77. The van der Waals surface area contributed by atoms with Gasteiger partial charge in [0.05, 0.1) is 5.56 Å². The average molecular weight is 306 g/mol. The van der Waals surface area contributed by atoms with Gasteiger partial charge in [-0.3, -0.25) is 0 Å². The third-order valence-corrected chi connectivity index (χ3v) is 2.68. The summed E-state index contributed by atoms with van der Waals surface area (Å²) in [4.78, 5) is 11.1. The van der Waals surface area contributed by atoms with Crippen molar-refractivity contribution in [3.05, 3.63) is 35.6 Å². The van der Waals surface area contributed by atoms with Gasteiger partial charge in [0, 0.05) is 0 Å². The number of rotatable bonds is 4. The number of hydrogen-bond acceptors (Lipinski definition) is 5. The van der Waals surface area contributed by atoms with Crippen LogP contribution in [0.1, 0.15) is 10.4 Å². The molecule has 0 bridgehead atoms. The van der Waals surface area contributed by atoms with Crippen molar-refractivity contribution in [2.75, 3.05) is 6.61 Å². The van der Waals surface area contributed by atoms with Crippen LogP contribution in [0.2, 0.25) is 0 Å². The molecule has 0 N–H and O–H groups in total. The van der Waals surface area contributed by atoms with Crippen molar-refractivity contribution in [2.45, 2.75) is 5.25 Å². The second-order valence-electron chi connectivity index (χ2n) is 3.15. The Morgan fingerprint density at radius 1 is 1.32 bits per heavy atom. The van der Waals surface area contributed by atoms with Crippen LogP contribution in [0, 0.1) is 5.82 Å².